The minimum atomic E-state index is -1.75. The van der Waals surface area contributed by atoms with Crippen molar-refractivity contribution in [2.75, 3.05) is 0 Å². The molecule has 3 aromatic carbocycles. The SMILES string of the molecule is CC(C)[C@@H]1NC(=O)[C@@H](N)Cc2cc(Br)c(O)c(c2)[C@]23c4cccc(c4O[C@H]2O)-c2cccc4[nH]c(Cl)c(c24)-c2oc(nc2Cl)-c2nc1oc23. The van der Waals surface area contributed by atoms with E-state index in [1.807, 2.05) is 50.2 Å². The molecule has 10 bridgehead atoms. The van der Waals surface area contributed by atoms with Crippen molar-refractivity contribution in [2.45, 2.75) is 44.1 Å². The molecule has 6 aromatic rings. The van der Waals surface area contributed by atoms with Gasteiger partial charge in [0.05, 0.1) is 16.1 Å². The number of benzene rings is 3. The van der Waals surface area contributed by atoms with Gasteiger partial charge in [-0.15, -0.1) is 0 Å². The topological polar surface area (TPSA) is 173 Å². The van der Waals surface area contributed by atoms with E-state index in [0.717, 1.165) is 0 Å². The summed E-state index contributed by atoms with van der Waals surface area (Å²) < 4.78 is 20.0. The van der Waals surface area contributed by atoms with Gasteiger partial charge >= 0.3 is 0 Å². The maximum Gasteiger partial charge on any atom is 0.250 e. The maximum absolute atomic E-state index is 13.5. The number of aromatic nitrogens is 3. The lowest BCUT2D eigenvalue weighted by atomic mass is 9.70. The van der Waals surface area contributed by atoms with E-state index in [1.54, 1.807) is 12.1 Å². The number of aromatic amines is 1. The summed E-state index contributed by atoms with van der Waals surface area (Å²) in [6, 6.07) is 12.9. The van der Waals surface area contributed by atoms with Crippen LogP contribution < -0.4 is 15.8 Å². The molecule has 14 heteroatoms. The van der Waals surface area contributed by atoms with Gasteiger partial charge in [0.25, 0.3) is 5.89 Å². The van der Waals surface area contributed by atoms with E-state index in [2.05, 4.69) is 31.2 Å². The number of oxazole rings is 2. The Morgan fingerprint density at radius 3 is 2.65 bits per heavy atom. The van der Waals surface area contributed by atoms with Crippen molar-refractivity contribution < 1.29 is 28.6 Å². The van der Waals surface area contributed by atoms with E-state index < -0.39 is 29.7 Å². The van der Waals surface area contributed by atoms with Gasteiger partial charge in [-0.3, -0.25) is 4.79 Å². The number of nitrogens with one attached hydrogen (secondary N) is 2. The molecule has 0 unspecified atom stereocenters. The van der Waals surface area contributed by atoms with Crippen molar-refractivity contribution in [3.63, 3.8) is 0 Å². The van der Waals surface area contributed by atoms with Crippen molar-refractivity contribution in [1.82, 2.24) is 20.3 Å². The molecule has 0 radical (unpaired) electrons. The van der Waals surface area contributed by atoms with Crippen LogP contribution in [0.5, 0.6) is 11.5 Å². The van der Waals surface area contributed by atoms with Crippen LogP contribution in [0, 0.1) is 5.92 Å². The fourth-order valence-electron chi connectivity index (χ4n) is 7.44. The molecule has 1 amide bonds. The quantitative estimate of drug-likeness (QED) is 0.119. The number of amides is 1. The lowest BCUT2D eigenvalue weighted by Crippen LogP contribution is -2.45. The van der Waals surface area contributed by atoms with Gasteiger partial charge in [-0.1, -0.05) is 73.4 Å². The zero-order chi connectivity index (χ0) is 34.1. The second kappa shape index (κ2) is 10.6. The molecule has 6 N–H and O–H groups in total. The van der Waals surface area contributed by atoms with Crippen LogP contribution in [-0.2, 0) is 16.6 Å². The Morgan fingerprint density at radius 1 is 1.08 bits per heavy atom. The van der Waals surface area contributed by atoms with Gasteiger partial charge in [0, 0.05) is 27.6 Å². The average molecular weight is 763 g/mol. The first-order chi connectivity index (χ1) is 23.5. The normalized spacial score (nSPS) is 22.2. The number of halogens is 3. The van der Waals surface area contributed by atoms with E-state index in [9.17, 15) is 15.0 Å². The summed E-state index contributed by atoms with van der Waals surface area (Å²) in [6.45, 7) is 3.81. The van der Waals surface area contributed by atoms with Crippen LogP contribution in [0.3, 0.4) is 0 Å². The highest BCUT2D eigenvalue weighted by Crippen LogP contribution is 2.60. The predicted octanol–water partition coefficient (Wildman–Crippen LogP) is 6.98. The van der Waals surface area contributed by atoms with Crippen LogP contribution in [0.1, 0.15) is 48.2 Å². The van der Waals surface area contributed by atoms with Gasteiger partial charge in [-0.2, -0.15) is 4.98 Å². The van der Waals surface area contributed by atoms with Crippen LogP contribution in [0.15, 0.2) is 61.8 Å². The molecule has 6 heterocycles. The van der Waals surface area contributed by atoms with Crippen molar-refractivity contribution >= 4 is 55.9 Å². The number of aliphatic hydroxyl groups is 1. The summed E-state index contributed by atoms with van der Waals surface area (Å²) >= 11 is 17.2. The number of phenolic OH excluding ortho intramolecular Hbond substituents is 1. The number of rotatable bonds is 1. The minimum absolute atomic E-state index is 0.0129. The van der Waals surface area contributed by atoms with Gasteiger partial charge in [0.1, 0.15) is 28.1 Å². The molecule has 0 aliphatic carbocycles. The molecule has 0 saturated heterocycles. The van der Waals surface area contributed by atoms with Gasteiger partial charge in [0.2, 0.25) is 18.1 Å². The van der Waals surface area contributed by atoms with Crippen molar-refractivity contribution in [3.8, 4) is 45.5 Å². The number of hydrogen-bond donors (Lipinski definition) is 5. The Morgan fingerprint density at radius 2 is 1.86 bits per heavy atom. The zero-order valence-corrected chi connectivity index (χ0v) is 28.9. The zero-order valence-electron chi connectivity index (χ0n) is 25.8. The number of H-pyrrole nitrogens is 1. The van der Waals surface area contributed by atoms with Gasteiger partial charge in [0.15, 0.2) is 22.4 Å². The van der Waals surface area contributed by atoms with E-state index in [0.29, 0.717) is 48.9 Å². The molecule has 9 rings (SSSR count). The fourth-order valence-corrected chi connectivity index (χ4v) is 8.44. The molecule has 3 aliphatic heterocycles. The number of fused-ring (bicyclic) bond motifs is 8. The third kappa shape index (κ3) is 4.12. The summed E-state index contributed by atoms with van der Waals surface area (Å²) in [5, 5.41) is 28.3. The highest BCUT2D eigenvalue weighted by molar-refractivity contribution is 9.10. The standard InChI is InChI=1S/C35H26BrCl2N5O6/c1-12(2)23-32-42-24-28(49-32)35(17-9-13(10-18(36)25(17)44)11-19(39)31(45)41-23)16-7-3-6-15(26(16)48-34(35)46)14-5-4-8-20-21(14)22(29(37)40-20)27-30(38)43-33(24)47-27/h3-10,12,19,23,34,40,44,46H,11,39H2,1-2H3,(H,41,45)/t19-,23-,34+,35-/m0/s1. The Hall–Kier alpha value is -4.33. The van der Waals surface area contributed by atoms with Crippen LogP contribution >= 0.6 is 39.1 Å². The predicted molar refractivity (Wildman–Crippen MR) is 184 cm³/mol. The second-order valence-corrected chi connectivity index (χ2v) is 14.5. The van der Waals surface area contributed by atoms with Crippen molar-refractivity contribution in [2.24, 2.45) is 11.7 Å². The Labute approximate surface area is 296 Å². The molecule has 49 heavy (non-hydrogen) atoms. The third-order valence-corrected chi connectivity index (χ3v) is 10.8. The fraction of sp³-hybridized carbons (Fsp3) is 0.229. The number of aromatic hydroxyl groups is 1. The number of carbonyl (C=O) groups is 1. The highest BCUT2D eigenvalue weighted by Gasteiger charge is 2.59. The van der Waals surface area contributed by atoms with Crippen LogP contribution in [0.25, 0.3) is 44.9 Å². The number of phenols is 1. The molecule has 3 aliphatic rings. The summed E-state index contributed by atoms with van der Waals surface area (Å²) in [5.41, 5.74) is 8.60. The van der Waals surface area contributed by atoms with Gasteiger partial charge in [-0.25, -0.2) is 4.98 Å². The molecule has 11 nitrogen and oxygen atoms in total. The number of aliphatic hydroxyl groups excluding tert-OH is 1. The Balaban J connectivity index is 1.51. The molecular weight excluding hydrogens is 737 g/mol. The molecular formula is C35H26BrCl2N5O6. The van der Waals surface area contributed by atoms with E-state index in [4.69, 9.17) is 47.5 Å². The smallest absolute Gasteiger partial charge is 0.250 e. The monoisotopic (exact) mass is 761 g/mol. The van der Waals surface area contributed by atoms with E-state index >= 15 is 0 Å². The summed E-state index contributed by atoms with van der Waals surface area (Å²) in [5.74, 6) is -0.178. The first kappa shape index (κ1) is 30.7. The van der Waals surface area contributed by atoms with Crippen molar-refractivity contribution in [3.05, 3.63) is 91.7 Å². The molecule has 248 valence electrons. The number of nitrogens with two attached hydrogens (primary N) is 1. The summed E-state index contributed by atoms with van der Waals surface area (Å²) in [7, 11) is 0. The Kier molecular flexibility index (Phi) is 6.63. The lowest BCUT2D eigenvalue weighted by molar-refractivity contribution is -0.123. The highest BCUT2D eigenvalue weighted by atomic mass is 79.9. The number of hydrogen-bond acceptors (Lipinski definition) is 9. The average Bonchev–Trinajstić information content (AvgIpc) is 3.81. The maximum atomic E-state index is 13.5. The molecule has 4 atom stereocenters. The minimum Gasteiger partial charge on any atom is -0.506 e. The molecule has 0 fully saturated rings. The first-order valence-electron chi connectivity index (χ1n) is 15.5. The molecule has 0 saturated carbocycles. The van der Waals surface area contributed by atoms with E-state index in [-0.39, 0.29) is 63.0 Å². The number of nitrogens with zero attached hydrogens (tertiary/aromatic N) is 2. The van der Waals surface area contributed by atoms with Crippen LogP contribution in [0.4, 0.5) is 0 Å². The molecule has 1 spiro atoms. The largest absolute Gasteiger partial charge is 0.506 e. The second-order valence-electron chi connectivity index (χ2n) is 12.9. The molecule has 3 aromatic heterocycles. The van der Waals surface area contributed by atoms with Crippen LogP contribution in [-0.4, -0.2) is 43.4 Å². The summed E-state index contributed by atoms with van der Waals surface area (Å²) in [4.78, 5) is 26.2. The third-order valence-electron chi connectivity index (χ3n) is 9.70. The lowest BCUT2D eigenvalue weighted by Gasteiger charge is -2.32. The van der Waals surface area contributed by atoms with Gasteiger partial charge in [-0.05, 0) is 51.5 Å². The Bertz CT molecular complexity index is 2400. The van der Waals surface area contributed by atoms with Crippen molar-refractivity contribution in [1.29, 1.82) is 0 Å². The van der Waals surface area contributed by atoms with Crippen LogP contribution in [0.2, 0.25) is 10.3 Å². The number of para-hydroxylation sites is 1. The van der Waals surface area contributed by atoms with E-state index in [1.165, 1.54) is 0 Å². The summed E-state index contributed by atoms with van der Waals surface area (Å²) in [6.07, 6.45) is -1.54. The van der Waals surface area contributed by atoms with Gasteiger partial charge < -0.3 is 39.8 Å². The first-order valence-corrected chi connectivity index (χ1v) is 17.1. The number of ether oxygens (including phenoxy) is 1. The number of carbonyl (C=O) groups excluding carboxylic acids is 1.